The van der Waals surface area contributed by atoms with Crippen molar-refractivity contribution >= 4 is 22.6 Å². The summed E-state index contributed by atoms with van der Waals surface area (Å²) < 4.78 is 0. The number of hydrogen-bond acceptors (Lipinski definition) is 3. The average Bonchev–Trinajstić information content (AvgIpc) is 2.77. The lowest BCUT2D eigenvalue weighted by Gasteiger charge is -2.19. The number of carbonyl (C=O) groups is 1. The van der Waals surface area contributed by atoms with E-state index in [1.165, 1.54) is 0 Å². The van der Waals surface area contributed by atoms with Gasteiger partial charge in [0.25, 0.3) is 0 Å². The van der Waals surface area contributed by atoms with Crippen molar-refractivity contribution in [2.45, 2.75) is 13.8 Å². The lowest BCUT2D eigenvalue weighted by atomic mass is 10.0. The van der Waals surface area contributed by atoms with Gasteiger partial charge in [0.05, 0.1) is 11.1 Å². The van der Waals surface area contributed by atoms with Gasteiger partial charge in [-0.05, 0) is 36.1 Å². The Morgan fingerprint density at radius 3 is 2.60 bits per heavy atom. The van der Waals surface area contributed by atoms with Gasteiger partial charge in [-0.3, -0.25) is 4.98 Å². The topological polar surface area (TPSA) is 53.4 Å². The van der Waals surface area contributed by atoms with E-state index in [9.17, 15) is 9.90 Å². The quantitative estimate of drug-likeness (QED) is 0.911. The molecule has 0 bridgehead atoms. The van der Waals surface area contributed by atoms with Gasteiger partial charge in [0, 0.05) is 30.4 Å². The summed E-state index contributed by atoms with van der Waals surface area (Å²) in [6, 6.07) is 7.46. The fraction of sp³-hybridized carbons (Fsp3) is 0.375. The maximum atomic E-state index is 11.3. The molecule has 1 aliphatic rings. The van der Waals surface area contributed by atoms with E-state index < -0.39 is 5.97 Å². The SMILES string of the molecule is C[C@H]1CN(c2ccc3nccc(C(=O)O)c3c2)C[C@@H]1C. The fourth-order valence-electron chi connectivity index (χ4n) is 2.86. The summed E-state index contributed by atoms with van der Waals surface area (Å²) in [5, 5.41) is 9.99. The molecule has 1 N–H and O–H groups in total. The molecule has 0 saturated carbocycles. The van der Waals surface area contributed by atoms with Crippen LogP contribution in [0, 0.1) is 11.8 Å². The van der Waals surface area contributed by atoms with Crippen molar-refractivity contribution < 1.29 is 9.90 Å². The van der Waals surface area contributed by atoms with E-state index >= 15 is 0 Å². The van der Waals surface area contributed by atoms with Crippen molar-refractivity contribution in [3.05, 3.63) is 36.0 Å². The van der Waals surface area contributed by atoms with E-state index in [4.69, 9.17) is 0 Å². The van der Waals surface area contributed by atoms with Gasteiger partial charge in [-0.15, -0.1) is 0 Å². The highest BCUT2D eigenvalue weighted by Gasteiger charge is 2.26. The Hall–Kier alpha value is -2.10. The van der Waals surface area contributed by atoms with Gasteiger partial charge in [-0.25, -0.2) is 4.79 Å². The van der Waals surface area contributed by atoms with Crippen molar-refractivity contribution in [2.75, 3.05) is 18.0 Å². The van der Waals surface area contributed by atoms with E-state index in [1.807, 2.05) is 18.2 Å². The maximum absolute atomic E-state index is 11.3. The molecule has 4 nitrogen and oxygen atoms in total. The summed E-state index contributed by atoms with van der Waals surface area (Å²) in [4.78, 5) is 17.9. The summed E-state index contributed by atoms with van der Waals surface area (Å²) in [6.07, 6.45) is 1.55. The van der Waals surface area contributed by atoms with Crippen LogP contribution in [0.1, 0.15) is 24.2 Å². The van der Waals surface area contributed by atoms with Crippen molar-refractivity contribution in [3.63, 3.8) is 0 Å². The van der Waals surface area contributed by atoms with Crippen molar-refractivity contribution in [1.29, 1.82) is 0 Å². The molecule has 0 radical (unpaired) electrons. The van der Waals surface area contributed by atoms with Crippen LogP contribution < -0.4 is 4.90 Å². The first-order chi connectivity index (χ1) is 9.56. The smallest absolute Gasteiger partial charge is 0.336 e. The van der Waals surface area contributed by atoms with Crippen molar-refractivity contribution in [3.8, 4) is 0 Å². The zero-order valence-corrected chi connectivity index (χ0v) is 11.7. The first-order valence-electron chi connectivity index (χ1n) is 6.93. The zero-order valence-electron chi connectivity index (χ0n) is 11.7. The third-order valence-electron chi connectivity index (χ3n) is 4.31. The van der Waals surface area contributed by atoms with Crippen LogP contribution in [-0.4, -0.2) is 29.1 Å². The molecular formula is C16H18N2O2. The molecule has 1 fully saturated rings. The van der Waals surface area contributed by atoms with Gasteiger partial charge in [0.2, 0.25) is 0 Å². The number of pyridine rings is 1. The fourth-order valence-corrected chi connectivity index (χ4v) is 2.86. The maximum Gasteiger partial charge on any atom is 0.336 e. The molecule has 0 unspecified atom stereocenters. The van der Waals surface area contributed by atoms with Crippen LogP contribution in [-0.2, 0) is 0 Å². The van der Waals surface area contributed by atoms with E-state index in [-0.39, 0.29) is 0 Å². The summed E-state index contributed by atoms with van der Waals surface area (Å²) in [6.45, 7) is 6.57. The van der Waals surface area contributed by atoms with Gasteiger partial charge < -0.3 is 10.0 Å². The van der Waals surface area contributed by atoms with Crippen molar-refractivity contribution in [2.24, 2.45) is 11.8 Å². The number of aromatic nitrogens is 1. The Labute approximate surface area is 118 Å². The standard InChI is InChI=1S/C16H18N2O2/c1-10-8-18(9-11(10)2)12-3-4-15-14(7-12)13(16(19)20)5-6-17-15/h3-7,10-11H,8-9H2,1-2H3,(H,19,20)/t10-,11-/m0/s1. The third kappa shape index (κ3) is 2.11. The van der Waals surface area contributed by atoms with Crippen molar-refractivity contribution in [1.82, 2.24) is 4.98 Å². The second kappa shape index (κ2) is 4.78. The van der Waals surface area contributed by atoms with Gasteiger partial charge in [0.1, 0.15) is 0 Å². The molecule has 2 heterocycles. The normalized spacial score (nSPS) is 22.4. The van der Waals surface area contributed by atoms with Crippen LogP contribution in [0.4, 0.5) is 5.69 Å². The number of anilines is 1. The molecule has 1 aromatic carbocycles. The van der Waals surface area contributed by atoms with Gasteiger partial charge >= 0.3 is 5.97 Å². The highest BCUT2D eigenvalue weighted by molar-refractivity contribution is 6.03. The number of aromatic carboxylic acids is 1. The minimum atomic E-state index is -0.905. The van der Waals surface area contributed by atoms with Crippen LogP contribution in [0.25, 0.3) is 10.9 Å². The number of benzene rings is 1. The average molecular weight is 270 g/mol. The Morgan fingerprint density at radius 2 is 1.95 bits per heavy atom. The Balaban J connectivity index is 2.06. The molecule has 1 aromatic heterocycles. The predicted molar refractivity (Wildman–Crippen MR) is 79.2 cm³/mol. The second-order valence-electron chi connectivity index (χ2n) is 5.72. The number of hydrogen-bond donors (Lipinski definition) is 1. The largest absolute Gasteiger partial charge is 0.478 e. The molecule has 0 aliphatic carbocycles. The molecule has 1 aliphatic heterocycles. The Bertz CT molecular complexity index is 659. The molecule has 1 saturated heterocycles. The Morgan fingerprint density at radius 1 is 1.25 bits per heavy atom. The predicted octanol–water partition coefficient (Wildman–Crippen LogP) is 3.03. The van der Waals surface area contributed by atoms with Crippen LogP contribution in [0.5, 0.6) is 0 Å². The number of nitrogens with zero attached hydrogens (tertiary/aromatic N) is 2. The van der Waals surface area contributed by atoms with Crippen LogP contribution in [0.2, 0.25) is 0 Å². The van der Waals surface area contributed by atoms with E-state index in [0.717, 1.165) is 24.3 Å². The molecule has 4 heteroatoms. The van der Waals surface area contributed by atoms with Crippen LogP contribution >= 0.6 is 0 Å². The minimum absolute atomic E-state index is 0.317. The van der Waals surface area contributed by atoms with Gasteiger partial charge in [-0.1, -0.05) is 13.8 Å². The third-order valence-corrected chi connectivity index (χ3v) is 4.31. The zero-order chi connectivity index (χ0) is 14.3. The summed E-state index contributed by atoms with van der Waals surface area (Å²) in [5.74, 6) is 0.426. The second-order valence-corrected chi connectivity index (χ2v) is 5.72. The first kappa shape index (κ1) is 12.9. The lowest BCUT2D eigenvalue weighted by molar-refractivity contribution is 0.0699. The number of carboxylic acid groups (broad SMARTS) is 1. The number of fused-ring (bicyclic) bond motifs is 1. The molecule has 20 heavy (non-hydrogen) atoms. The molecule has 3 rings (SSSR count). The van der Waals surface area contributed by atoms with Gasteiger partial charge in [0.15, 0.2) is 0 Å². The van der Waals surface area contributed by atoms with E-state index in [0.29, 0.717) is 22.8 Å². The summed E-state index contributed by atoms with van der Waals surface area (Å²) in [5.41, 5.74) is 2.13. The van der Waals surface area contributed by atoms with Gasteiger partial charge in [-0.2, -0.15) is 0 Å². The van der Waals surface area contributed by atoms with Crippen LogP contribution in [0.15, 0.2) is 30.5 Å². The van der Waals surface area contributed by atoms with Crippen LogP contribution in [0.3, 0.4) is 0 Å². The van der Waals surface area contributed by atoms with E-state index in [2.05, 4.69) is 23.7 Å². The number of rotatable bonds is 2. The highest BCUT2D eigenvalue weighted by Crippen LogP contribution is 2.30. The molecule has 0 spiro atoms. The molecule has 2 aromatic rings. The highest BCUT2D eigenvalue weighted by atomic mass is 16.4. The molecule has 104 valence electrons. The minimum Gasteiger partial charge on any atom is -0.478 e. The molecule has 2 atom stereocenters. The Kier molecular flexibility index (Phi) is 3.08. The monoisotopic (exact) mass is 270 g/mol. The first-order valence-corrected chi connectivity index (χ1v) is 6.93. The summed E-state index contributed by atoms with van der Waals surface area (Å²) in [7, 11) is 0. The molecular weight excluding hydrogens is 252 g/mol. The lowest BCUT2D eigenvalue weighted by Crippen LogP contribution is -2.19. The summed E-state index contributed by atoms with van der Waals surface area (Å²) >= 11 is 0. The van der Waals surface area contributed by atoms with E-state index in [1.54, 1.807) is 12.3 Å². The number of carboxylic acids is 1. The molecule has 0 amide bonds.